The van der Waals surface area contributed by atoms with Gasteiger partial charge in [-0.15, -0.1) is 0 Å². The van der Waals surface area contributed by atoms with Crippen molar-refractivity contribution in [2.75, 3.05) is 13.1 Å². The molecule has 0 bridgehead atoms. The van der Waals surface area contributed by atoms with Crippen molar-refractivity contribution in [1.82, 2.24) is 9.88 Å². The Morgan fingerprint density at radius 2 is 1.60 bits per heavy atom. The lowest BCUT2D eigenvalue weighted by atomic mass is 9.76. The molecule has 1 saturated heterocycles. The Balaban J connectivity index is 1.00. The average molecular weight is 806 g/mol. The molecule has 0 unspecified atom stereocenters. The number of piperidine rings is 1. The van der Waals surface area contributed by atoms with Crippen LogP contribution in [0, 0.1) is 22.0 Å². The van der Waals surface area contributed by atoms with Gasteiger partial charge in [-0.25, -0.2) is 9.59 Å². The Bertz CT molecular complexity index is 1720. The number of non-ortho nitro benzene ring substituents is 1. The van der Waals surface area contributed by atoms with Crippen molar-refractivity contribution in [2.45, 2.75) is 63.4 Å². The predicted octanol–water partition coefficient (Wildman–Crippen LogP) is 8.55. The molecule has 1 saturated carbocycles. The lowest BCUT2D eigenvalue weighted by Gasteiger charge is -2.39. The van der Waals surface area contributed by atoms with E-state index in [0.29, 0.717) is 49.7 Å². The van der Waals surface area contributed by atoms with Gasteiger partial charge in [0.1, 0.15) is 11.9 Å². The highest BCUT2D eigenvalue weighted by molar-refractivity contribution is 9.10. The fraction of sp³-hybridized carbons (Fsp3) is 0.412. The number of carbonyl (C=O) groups excluding carboxylic acids is 3. The maximum atomic E-state index is 13.6. The van der Waals surface area contributed by atoms with Gasteiger partial charge in [0.15, 0.2) is 0 Å². The number of aromatic nitrogens is 1. The lowest BCUT2D eigenvalue weighted by Crippen LogP contribution is -2.44. The SMILES string of the molecule is O=C(OC(=O)OC1CCC(C(=O)N2CCC([C@H]3c4ncc(Br)cc4CCc4cc(Cl)cc(Br)c43)CC2)CC1)Oc1ccc([N+](=O)[O-])cc1. The van der Waals surface area contributed by atoms with E-state index in [9.17, 15) is 24.5 Å². The van der Waals surface area contributed by atoms with Crippen molar-refractivity contribution < 1.29 is 33.5 Å². The van der Waals surface area contributed by atoms with E-state index >= 15 is 0 Å². The molecule has 2 aromatic carbocycles. The summed E-state index contributed by atoms with van der Waals surface area (Å²) in [4.78, 5) is 54.8. The fourth-order valence-corrected chi connectivity index (χ4v) is 8.65. The molecule has 0 radical (unpaired) electrons. The summed E-state index contributed by atoms with van der Waals surface area (Å²) in [6.45, 7) is 1.32. The molecule has 1 aromatic heterocycles. The normalized spacial score (nSPS) is 20.9. The summed E-state index contributed by atoms with van der Waals surface area (Å²) < 4.78 is 16.7. The van der Waals surface area contributed by atoms with Crippen molar-refractivity contribution in [3.63, 3.8) is 0 Å². The Morgan fingerprint density at radius 3 is 2.29 bits per heavy atom. The van der Waals surface area contributed by atoms with E-state index in [0.717, 1.165) is 52.5 Å². The first-order valence-electron chi connectivity index (χ1n) is 15.8. The summed E-state index contributed by atoms with van der Waals surface area (Å²) in [6.07, 6.45) is 4.37. The molecular formula is C34H32Br2ClN3O8. The molecule has 11 nitrogen and oxygen atoms in total. The highest BCUT2D eigenvalue weighted by Crippen LogP contribution is 2.46. The third-order valence-electron chi connectivity index (χ3n) is 9.44. The van der Waals surface area contributed by atoms with Crippen molar-refractivity contribution in [3.8, 4) is 5.75 Å². The molecule has 6 rings (SSSR count). The van der Waals surface area contributed by atoms with Gasteiger partial charge in [0.25, 0.3) is 5.69 Å². The number of hydrogen-bond donors (Lipinski definition) is 0. The van der Waals surface area contributed by atoms with Gasteiger partial charge in [0, 0.05) is 57.2 Å². The highest BCUT2D eigenvalue weighted by atomic mass is 79.9. The molecule has 2 fully saturated rings. The van der Waals surface area contributed by atoms with Gasteiger partial charge in [-0.1, -0.05) is 27.5 Å². The average Bonchev–Trinajstić information content (AvgIpc) is 3.21. The molecule has 252 valence electrons. The molecular weight excluding hydrogens is 774 g/mol. The van der Waals surface area contributed by atoms with Crippen LogP contribution in [0.15, 0.2) is 57.6 Å². The first-order chi connectivity index (χ1) is 23.0. The van der Waals surface area contributed by atoms with Crippen LogP contribution in [-0.2, 0) is 27.1 Å². The van der Waals surface area contributed by atoms with Gasteiger partial charge < -0.3 is 19.1 Å². The van der Waals surface area contributed by atoms with Crippen LogP contribution in [0.5, 0.6) is 5.75 Å². The molecule has 1 amide bonds. The van der Waals surface area contributed by atoms with Crippen LogP contribution in [0.4, 0.5) is 15.3 Å². The second-order valence-electron chi connectivity index (χ2n) is 12.3. The van der Waals surface area contributed by atoms with E-state index in [-0.39, 0.29) is 29.2 Å². The standard InChI is InChI=1S/C34H32Br2ClN3O8/c35-23-15-22-2-1-21-16-24(37)17-28(36)29(21)30(31(22)38-18-23)19-11-13-39(14-12-19)32(41)20-3-7-26(8-4-20)46-33(42)48-34(43)47-27-9-5-25(6-10-27)40(44)45/h5-6,9-10,15-20,26,30H,1-4,7-8,11-14H2/t20?,26?,30-/m1/s1. The third-order valence-corrected chi connectivity index (χ3v) is 10.7. The van der Waals surface area contributed by atoms with E-state index < -0.39 is 23.3 Å². The topological polar surface area (TPSA) is 138 Å². The molecule has 0 N–H and O–H groups in total. The zero-order valence-electron chi connectivity index (χ0n) is 25.7. The van der Waals surface area contributed by atoms with Crippen LogP contribution in [-0.4, -0.2) is 52.2 Å². The zero-order chi connectivity index (χ0) is 33.9. The minimum atomic E-state index is -1.31. The summed E-state index contributed by atoms with van der Waals surface area (Å²) in [5, 5.41) is 11.5. The van der Waals surface area contributed by atoms with Crippen LogP contribution in [0.3, 0.4) is 0 Å². The number of nitro groups is 1. The number of fused-ring (bicyclic) bond motifs is 2. The van der Waals surface area contributed by atoms with Crippen molar-refractivity contribution in [1.29, 1.82) is 0 Å². The van der Waals surface area contributed by atoms with E-state index in [1.165, 1.54) is 28.8 Å². The Morgan fingerprint density at radius 1 is 0.917 bits per heavy atom. The van der Waals surface area contributed by atoms with Gasteiger partial charge in [0.05, 0.1) is 10.6 Å². The van der Waals surface area contributed by atoms with E-state index in [4.69, 9.17) is 26.1 Å². The number of carbonyl (C=O) groups is 3. The molecule has 1 atom stereocenters. The second-order valence-corrected chi connectivity index (χ2v) is 14.6. The van der Waals surface area contributed by atoms with Crippen molar-refractivity contribution >= 4 is 67.4 Å². The second kappa shape index (κ2) is 14.9. The number of amides is 1. The largest absolute Gasteiger partial charge is 0.524 e. The number of nitro benzene ring substituents is 1. The molecule has 2 aliphatic carbocycles. The maximum absolute atomic E-state index is 13.6. The fourth-order valence-electron chi connectivity index (χ4n) is 7.15. The number of hydrogen-bond acceptors (Lipinski definition) is 9. The summed E-state index contributed by atoms with van der Waals surface area (Å²) in [7, 11) is 0. The lowest BCUT2D eigenvalue weighted by molar-refractivity contribution is -0.384. The highest BCUT2D eigenvalue weighted by Gasteiger charge is 2.38. The van der Waals surface area contributed by atoms with Gasteiger partial charge in [-0.05, 0) is 120 Å². The Kier molecular flexibility index (Phi) is 10.7. The van der Waals surface area contributed by atoms with Crippen molar-refractivity contribution in [2.24, 2.45) is 11.8 Å². The van der Waals surface area contributed by atoms with Gasteiger partial charge >= 0.3 is 12.3 Å². The number of nitrogens with zero attached hydrogens (tertiary/aromatic N) is 3. The zero-order valence-corrected chi connectivity index (χ0v) is 29.7. The minimum absolute atomic E-state index is 0.0203. The molecule has 1 aliphatic heterocycles. The smallest absolute Gasteiger partial charge is 0.431 e. The first-order valence-corrected chi connectivity index (χ1v) is 17.8. The molecule has 0 spiro atoms. The Hall–Kier alpha value is -3.55. The van der Waals surface area contributed by atoms with Crippen LogP contribution in [0.1, 0.15) is 66.8 Å². The summed E-state index contributed by atoms with van der Waals surface area (Å²) >= 11 is 13.9. The van der Waals surface area contributed by atoms with Crippen molar-refractivity contribution in [3.05, 3.63) is 95.1 Å². The van der Waals surface area contributed by atoms with Crippen LogP contribution in [0.25, 0.3) is 0 Å². The maximum Gasteiger partial charge on any atom is 0.524 e. The van der Waals surface area contributed by atoms with Gasteiger partial charge in [0.2, 0.25) is 5.91 Å². The Labute approximate surface area is 298 Å². The van der Waals surface area contributed by atoms with Crippen LogP contribution < -0.4 is 4.74 Å². The molecule has 3 aromatic rings. The molecule has 14 heteroatoms. The van der Waals surface area contributed by atoms with Crippen LogP contribution >= 0.6 is 43.5 Å². The third kappa shape index (κ3) is 7.84. The van der Waals surface area contributed by atoms with E-state index in [1.54, 1.807) is 0 Å². The first kappa shape index (κ1) is 34.3. The quantitative estimate of drug-likeness (QED) is 0.0817. The number of halogens is 3. The summed E-state index contributed by atoms with van der Waals surface area (Å²) in [5.74, 6) is 0.330. The predicted molar refractivity (Wildman–Crippen MR) is 182 cm³/mol. The number of pyridine rings is 1. The van der Waals surface area contributed by atoms with E-state index in [2.05, 4.69) is 48.7 Å². The summed E-state index contributed by atoms with van der Waals surface area (Å²) in [6, 6.07) is 10.9. The van der Waals surface area contributed by atoms with Gasteiger partial charge in [-0.3, -0.25) is 19.9 Å². The monoisotopic (exact) mass is 803 g/mol. The van der Waals surface area contributed by atoms with E-state index in [1.807, 2.05) is 17.2 Å². The minimum Gasteiger partial charge on any atom is -0.431 e. The van der Waals surface area contributed by atoms with Crippen LogP contribution in [0.2, 0.25) is 5.02 Å². The molecule has 3 aliphatic rings. The number of likely N-dealkylation sites (tertiary alicyclic amines) is 1. The number of aryl methyl sites for hydroxylation is 2. The van der Waals surface area contributed by atoms with Gasteiger partial charge in [-0.2, -0.15) is 0 Å². The summed E-state index contributed by atoms with van der Waals surface area (Å²) in [5.41, 5.74) is 4.63. The molecule has 48 heavy (non-hydrogen) atoms. The molecule has 2 heterocycles. The number of ether oxygens (including phenoxy) is 3. The number of benzene rings is 2. The number of rotatable bonds is 5.